The number of carbonyl (C=O) groups excluding carboxylic acids is 19. The molecular formula is C80H121N27O27S2. The Morgan fingerprint density at radius 1 is 0.456 bits per heavy atom. The van der Waals surface area contributed by atoms with E-state index in [1.54, 1.807) is 60.8 Å². The van der Waals surface area contributed by atoms with E-state index < -0.39 is 309 Å². The van der Waals surface area contributed by atoms with Gasteiger partial charge in [0, 0.05) is 67.5 Å². The molecule has 750 valence electrons. The van der Waals surface area contributed by atoms with E-state index in [1.807, 2.05) is 0 Å². The third-order valence-corrected chi connectivity index (χ3v) is 21.1. The van der Waals surface area contributed by atoms with Crippen molar-refractivity contribution in [1.29, 1.82) is 10.8 Å². The number of nitrogens with two attached hydrogens (primary N) is 4. The summed E-state index contributed by atoms with van der Waals surface area (Å²) in [6.45, 7) is -3.09. The SMILES string of the molecule is CC(C)[C@H](NC(=O)CNC(=O)CNC(=O)CNC(=O)[C@H](CS)NC(=O)[C@@H](NC(=O)[C@H](CCCNC(=N)N)NC(=O)[C@H](CO)NC(=O)[C@H](CS)NC(=O)[C@H](CC(=O)O)NC(=O)CNC(=O)[C@H](Cc1c[nH]c2ccccc12)NC(=O)[C@@H]1CCCN1C(=O)CN)[C@@H](C)O)C(=O)N[C@@H](CCC(N)=O)C(=O)N[C@@H](Cc1ccccc1)C(=O)N[C@@H](CO)C(=O)N[C@@H](CO)C(=O)N[C@@H](CCCNC(=N)N)C(=O)O. The Hall–Kier alpha value is -14.1. The molecule has 19 amide bonds. The second-order valence-corrected chi connectivity index (χ2v) is 32.0. The number of likely N-dealkylation sites (tertiary alicyclic amines) is 1. The number of nitrogens with one attached hydrogen (secondary N) is 22. The van der Waals surface area contributed by atoms with Gasteiger partial charge in [-0.3, -0.25) is 107 Å². The molecule has 1 aliphatic rings. The van der Waals surface area contributed by atoms with E-state index in [0.29, 0.717) is 28.5 Å². The van der Waals surface area contributed by atoms with Crippen LogP contribution in [0.5, 0.6) is 0 Å². The molecule has 0 radical (unpaired) electrons. The molecule has 136 heavy (non-hydrogen) atoms. The summed E-state index contributed by atoms with van der Waals surface area (Å²) in [5.74, 6) is -26.2. The number of fused-ring (bicyclic) bond motifs is 1. The first-order valence-electron chi connectivity index (χ1n) is 42.6. The van der Waals surface area contributed by atoms with Crippen LogP contribution in [0.15, 0.2) is 60.8 Å². The average molecular weight is 1960 g/mol. The molecule has 36 N–H and O–H groups in total. The minimum Gasteiger partial charge on any atom is -0.481 e. The number of benzene rings is 2. The maximum absolute atomic E-state index is 14.2. The number of rotatable bonds is 60. The molecule has 0 aliphatic carbocycles. The van der Waals surface area contributed by atoms with Gasteiger partial charge in [-0.15, -0.1) is 0 Å². The summed E-state index contributed by atoms with van der Waals surface area (Å²) in [7, 11) is 0. The van der Waals surface area contributed by atoms with E-state index in [0.717, 1.165) is 6.92 Å². The standard InChI is InChI=1S/C80H121N27O27S2/c1-38(2)63(76(131)96-45(19-20-56(82)112)67(122)98-47(24-40-12-5-4-6-13-40)69(124)100-52(35-110)73(128)101-51(34-109)72(127)97-46(78(133)134)17-10-22-88-80(85)86)105-60(116)31-91-57(113)29-90-58(114)30-92-66(121)53(36-135)104-77(132)64(39(3)111)106-68(123)44(16-9-21-87-79(83)84)95-71(126)50(33-108)102-74(129)54(37-136)103-70(125)49(26-62(118)119)94-59(115)32-93-65(120)48(25-41-28-89-43-15-8-7-14-42(41)43)99-75(130)55-18-11-23-107(55)61(117)27-81/h4-8,12-15,28,38-39,44-55,63-64,89,108-111,135-136H,9-11,16-27,29-37,81H2,1-3H3,(H2,82,112)(H,90,114)(H,91,113)(H,92,121)(H,93,120)(H,94,115)(H,95,126)(H,96,131)(H,97,127)(H,98,122)(H,99,130)(H,100,124)(H,101,128)(H,102,129)(H,103,125)(H,104,132)(H,105,116)(H,106,123)(H,118,119)(H,133,134)(H4,83,84,87)(H4,85,86,88)/t39-,44+,45+,46+,47+,48+,49+,50+,51+,52+,53+,54+,55+,63+,64+/m1/s1. The number of thiol groups is 2. The number of aliphatic carboxylic acids is 2. The molecule has 1 fully saturated rings. The van der Waals surface area contributed by atoms with Crippen LogP contribution in [0.1, 0.15) is 89.7 Å². The minimum absolute atomic E-state index is 0.0624. The van der Waals surface area contributed by atoms with Crippen molar-refractivity contribution in [1.82, 2.24) is 111 Å². The van der Waals surface area contributed by atoms with Crippen molar-refractivity contribution >= 4 is 172 Å². The fourth-order valence-electron chi connectivity index (χ4n) is 13.2. The summed E-state index contributed by atoms with van der Waals surface area (Å²) >= 11 is 8.20. The summed E-state index contributed by atoms with van der Waals surface area (Å²) in [5, 5.41) is 120. The summed E-state index contributed by atoms with van der Waals surface area (Å²) in [5.41, 5.74) is 23.3. The molecule has 1 saturated heterocycles. The second kappa shape index (κ2) is 58.8. The normalized spacial score (nSPS) is 15.2. The number of hydrogen-bond acceptors (Lipinski definition) is 30. The first-order chi connectivity index (χ1) is 64.4. The molecule has 15 atom stereocenters. The van der Waals surface area contributed by atoms with Crippen molar-refractivity contribution in [3.8, 4) is 0 Å². The van der Waals surface area contributed by atoms with Crippen molar-refractivity contribution in [2.75, 3.05) is 83.7 Å². The van der Waals surface area contributed by atoms with Crippen LogP contribution in [0, 0.1) is 16.7 Å². The summed E-state index contributed by atoms with van der Waals surface area (Å²) in [6, 6.07) is -8.52. The number of carboxylic acid groups (broad SMARTS) is 2. The number of hydrogen-bond donors (Lipinski definition) is 34. The molecule has 54 nitrogen and oxygen atoms in total. The lowest BCUT2D eigenvalue weighted by molar-refractivity contribution is -0.143. The summed E-state index contributed by atoms with van der Waals surface area (Å²) < 4.78 is 0. The van der Waals surface area contributed by atoms with Gasteiger partial charge in [0.05, 0.1) is 65.1 Å². The Morgan fingerprint density at radius 2 is 0.875 bits per heavy atom. The van der Waals surface area contributed by atoms with Crippen molar-refractivity contribution < 1.29 is 131 Å². The highest BCUT2D eigenvalue weighted by molar-refractivity contribution is 7.80. The van der Waals surface area contributed by atoms with Crippen LogP contribution in [0.25, 0.3) is 10.9 Å². The molecule has 56 heteroatoms. The van der Waals surface area contributed by atoms with Crippen LogP contribution < -0.4 is 124 Å². The number of nitrogens with zero attached hydrogens (tertiary/aromatic N) is 1. The predicted octanol–water partition coefficient (Wildman–Crippen LogP) is -14.1. The fraction of sp³-hybridized carbons (Fsp3) is 0.537. The first-order valence-corrected chi connectivity index (χ1v) is 43.9. The fourth-order valence-corrected chi connectivity index (χ4v) is 13.7. The molecule has 1 aromatic heterocycles. The zero-order valence-electron chi connectivity index (χ0n) is 74.4. The zero-order chi connectivity index (χ0) is 102. The van der Waals surface area contributed by atoms with E-state index in [2.05, 4.69) is 131 Å². The number of aromatic nitrogens is 1. The monoisotopic (exact) mass is 1960 g/mol. The Morgan fingerprint density at radius 3 is 1.40 bits per heavy atom. The Labute approximate surface area is 788 Å². The summed E-state index contributed by atoms with van der Waals surface area (Å²) in [4.78, 5) is 285. The maximum atomic E-state index is 14.2. The van der Waals surface area contributed by atoms with E-state index >= 15 is 0 Å². The maximum Gasteiger partial charge on any atom is 0.326 e. The van der Waals surface area contributed by atoms with Gasteiger partial charge >= 0.3 is 11.9 Å². The van der Waals surface area contributed by atoms with Gasteiger partial charge in [0.15, 0.2) is 11.9 Å². The molecule has 2 heterocycles. The van der Waals surface area contributed by atoms with Gasteiger partial charge < -0.3 is 164 Å². The first kappa shape index (κ1) is 114. The van der Waals surface area contributed by atoms with Crippen molar-refractivity contribution in [3.05, 3.63) is 71.9 Å². The highest BCUT2D eigenvalue weighted by Crippen LogP contribution is 2.22. The Bertz CT molecular complexity index is 4730. The van der Waals surface area contributed by atoms with Crippen LogP contribution in [0.4, 0.5) is 0 Å². The summed E-state index contributed by atoms with van der Waals surface area (Å²) in [6.07, 6.45) is -2.57. The largest absolute Gasteiger partial charge is 0.481 e. The zero-order valence-corrected chi connectivity index (χ0v) is 76.2. The van der Waals surface area contributed by atoms with Crippen LogP contribution in [-0.2, 0) is 114 Å². The highest BCUT2D eigenvalue weighted by Gasteiger charge is 2.40. The lowest BCUT2D eigenvalue weighted by atomic mass is 10.0. The molecule has 0 spiro atoms. The molecule has 0 bridgehead atoms. The van der Waals surface area contributed by atoms with Gasteiger partial charge in [0.25, 0.3) is 0 Å². The van der Waals surface area contributed by atoms with Crippen molar-refractivity contribution in [2.24, 2.45) is 28.9 Å². The third kappa shape index (κ3) is 39.6. The van der Waals surface area contributed by atoms with Gasteiger partial charge in [0.1, 0.15) is 84.6 Å². The topological polar surface area (TPSA) is 879 Å². The molecule has 2 aromatic carbocycles. The highest BCUT2D eigenvalue weighted by atomic mass is 32.1. The van der Waals surface area contributed by atoms with Gasteiger partial charge in [0.2, 0.25) is 112 Å². The van der Waals surface area contributed by atoms with Crippen LogP contribution in [-0.4, -0.2) is 351 Å². The number of para-hydroxylation sites is 1. The predicted molar refractivity (Wildman–Crippen MR) is 485 cm³/mol. The van der Waals surface area contributed by atoms with Gasteiger partial charge in [-0.2, -0.15) is 25.3 Å². The number of aliphatic hydroxyl groups is 4. The van der Waals surface area contributed by atoms with Gasteiger partial charge in [-0.05, 0) is 75.0 Å². The minimum atomic E-state index is -1.97. The van der Waals surface area contributed by atoms with Crippen LogP contribution >= 0.6 is 25.3 Å². The number of primary amides is 1. The molecule has 3 aromatic rings. The van der Waals surface area contributed by atoms with Crippen LogP contribution in [0.3, 0.4) is 0 Å². The lowest BCUT2D eigenvalue weighted by Crippen LogP contribution is -2.62. The molecular weight excluding hydrogens is 1840 g/mol. The lowest BCUT2D eigenvalue weighted by Gasteiger charge is -2.27. The van der Waals surface area contributed by atoms with Gasteiger partial charge in [-0.25, -0.2) is 4.79 Å². The number of aromatic amines is 1. The quantitative estimate of drug-likeness (QED) is 0.0108. The molecule has 1 aliphatic heterocycles. The van der Waals surface area contributed by atoms with E-state index in [-0.39, 0.29) is 71.1 Å². The number of aliphatic hydroxyl groups excluding tert-OH is 4. The number of carboxylic acids is 2. The smallest absolute Gasteiger partial charge is 0.326 e. The Kier molecular flexibility index (Phi) is 49.4. The average Bonchev–Trinajstić information content (AvgIpc) is 1.67. The van der Waals surface area contributed by atoms with E-state index in [1.165, 1.54) is 18.7 Å². The number of amides is 19. The number of guanidine groups is 2. The Balaban J connectivity index is 1.34. The van der Waals surface area contributed by atoms with Gasteiger partial charge in [-0.1, -0.05) is 62.4 Å². The third-order valence-electron chi connectivity index (χ3n) is 20.4. The van der Waals surface area contributed by atoms with Crippen LogP contribution in [0.2, 0.25) is 0 Å². The second-order valence-electron chi connectivity index (χ2n) is 31.3. The van der Waals surface area contributed by atoms with E-state index in [4.69, 9.17) is 33.8 Å². The number of H-pyrrole nitrogens is 1. The molecule has 4 rings (SSSR count). The number of carbonyl (C=O) groups is 21. The molecule has 0 unspecified atom stereocenters. The van der Waals surface area contributed by atoms with E-state index in [9.17, 15) is 131 Å². The molecule has 0 saturated carbocycles. The van der Waals surface area contributed by atoms with Crippen molar-refractivity contribution in [3.63, 3.8) is 0 Å². The van der Waals surface area contributed by atoms with Crippen molar-refractivity contribution in [2.45, 2.75) is 182 Å².